The van der Waals surface area contributed by atoms with Crippen molar-refractivity contribution in [2.24, 2.45) is 0 Å². The van der Waals surface area contributed by atoms with Crippen LogP contribution >= 0.6 is 11.3 Å². The van der Waals surface area contributed by atoms with E-state index in [1.807, 2.05) is 23.8 Å². The monoisotopic (exact) mass is 221 g/mol. The van der Waals surface area contributed by atoms with Gasteiger partial charge in [0.1, 0.15) is 5.69 Å². The number of aromatic carboxylic acids is 1. The Kier molecular flexibility index (Phi) is 2.60. The Hall–Kier alpha value is -1.55. The van der Waals surface area contributed by atoms with Crippen LogP contribution in [-0.2, 0) is 0 Å². The topological polar surface area (TPSA) is 42.2 Å². The van der Waals surface area contributed by atoms with Crippen molar-refractivity contribution < 1.29 is 9.90 Å². The zero-order valence-electron chi connectivity index (χ0n) is 8.25. The van der Waals surface area contributed by atoms with Gasteiger partial charge >= 0.3 is 5.97 Å². The van der Waals surface area contributed by atoms with Gasteiger partial charge in [0.2, 0.25) is 0 Å². The molecule has 0 saturated carbocycles. The lowest BCUT2D eigenvalue weighted by Crippen LogP contribution is -2.12. The molecular formula is C11H11NO2S. The molecule has 3 nitrogen and oxygen atoms in total. The summed E-state index contributed by atoms with van der Waals surface area (Å²) in [5, 5.41) is 13.0. The maximum absolute atomic E-state index is 10.9. The van der Waals surface area contributed by atoms with Crippen molar-refractivity contribution in [2.45, 2.75) is 13.0 Å². The Labute approximate surface area is 91.6 Å². The molecule has 0 amide bonds. The molecule has 2 aromatic rings. The van der Waals surface area contributed by atoms with Gasteiger partial charge in [-0.2, -0.15) is 11.3 Å². The standard InChI is InChI=1S/C11H11NO2S/c1-8(9-4-6-15-7-9)12-5-2-3-10(12)11(13)14/h2-8H,1H3,(H,13,14). The van der Waals surface area contributed by atoms with Crippen LogP contribution in [-0.4, -0.2) is 15.6 Å². The first-order valence-corrected chi connectivity index (χ1v) is 5.56. The summed E-state index contributed by atoms with van der Waals surface area (Å²) in [5.74, 6) is -0.887. The Morgan fingerprint density at radius 2 is 2.33 bits per heavy atom. The summed E-state index contributed by atoms with van der Waals surface area (Å²) in [6, 6.07) is 5.45. The first kappa shape index (κ1) is 9.98. The highest BCUT2D eigenvalue weighted by atomic mass is 32.1. The van der Waals surface area contributed by atoms with Gasteiger partial charge in [0.25, 0.3) is 0 Å². The van der Waals surface area contributed by atoms with Crippen molar-refractivity contribution in [3.8, 4) is 0 Å². The molecule has 0 bridgehead atoms. The summed E-state index contributed by atoms with van der Waals surface area (Å²) < 4.78 is 1.77. The molecule has 1 unspecified atom stereocenters. The van der Waals surface area contributed by atoms with Gasteiger partial charge in [0.15, 0.2) is 0 Å². The number of nitrogens with zero attached hydrogens (tertiary/aromatic N) is 1. The van der Waals surface area contributed by atoms with Crippen LogP contribution in [0.3, 0.4) is 0 Å². The van der Waals surface area contributed by atoms with E-state index in [1.54, 1.807) is 34.2 Å². The lowest BCUT2D eigenvalue weighted by atomic mass is 10.2. The Morgan fingerprint density at radius 3 is 2.93 bits per heavy atom. The fourth-order valence-electron chi connectivity index (χ4n) is 1.59. The minimum atomic E-state index is -0.887. The molecule has 0 aliphatic heterocycles. The average molecular weight is 221 g/mol. The summed E-state index contributed by atoms with van der Waals surface area (Å²) in [4.78, 5) is 10.9. The van der Waals surface area contributed by atoms with Gasteiger partial charge in [-0.05, 0) is 41.4 Å². The first-order valence-electron chi connectivity index (χ1n) is 4.62. The zero-order chi connectivity index (χ0) is 10.8. The number of carbonyl (C=O) groups is 1. The number of hydrogen-bond acceptors (Lipinski definition) is 2. The van der Waals surface area contributed by atoms with Crippen LogP contribution in [0.1, 0.15) is 29.0 Å². The van der Waals surface area contributed by atoms with E-state index >= 15 is 0 Å². The largest absolute Gasteiger partial charge is 0.477 e. The zero-order valence-corrected chi connectivity index (χ0v) is 9.07. The maximum Gasteiger partial charge on any atom is 0.352 e. The third kappa shape index (κ3) is 1.80. The molecule has 0 aromatic carbocycles. The quantitative estimate of drug-likeness (QED) is 0.866. The molecule has 0 aliphatic carbocycles. The molecule has 1 N–H and O–H groups in total. The molecule has 2 heterocycles. The van der Waals surface area contributed by atoms with Gasteiger partial charge in [-0.25, -0.2) is 4.79 Å². The summed E-state index contributed by atoms with van der Waals surface area (Å²) in [6.07, 6.45) is 1.80. The molecule has 0 spiro atoms. The number of rotatable bonds is 3. The second-order valence-electron chi connectivity index (χ2n) is 3.34. The molecule has 1 atom stereocenters. The summed E-state index contributed by atoms with van der Waals surface area (Å²) in [7, 11) is 0. The lowest BCUT2D eigenvalue weighted by molar-refractivity contribution is 0.0684. The van der Waals surface area contributed by atoms with Crippen molar-refractivity contribution in [1.29, 1.82) is 0 Å². The molecule has 15 heavy (non-hydrogen) atoms. The Balaban J connectivity index is 2.37. The van der Waals surface area contributed by atoms with Crippen molar-refractivity contribution in [3.05, 3.63) is 46.4 Å². The fourth-order valence-corrected chi connectivity index (χ4v) is 2.33. The molecule has 78 valence electrons. The van der Waals surface area contributed by atoms with E-state index in [-0.39, 0.29) is 6.04 Å². The Bertz CT molecular complexity index is 459. The molecule has 2 rings (SSSR count). The number of thiophene rings is 1. The Morgan fingerprint density at radius 1 is 1.53 bits per heavy atom. The summed E-state index contributed by atoms with van der Waals surface area (Å²) in [5.41, 5.74) is 1.47. The van der Waals surface area contributed by atoms with Crippen molar-refractivity contribution in [2.75, 3.05) is 0 Å². The van der Waals surface area contributed by atoms with Gasteiger partial charge < -0.3 is 9.67 Å². The molecule has 2 aromatic heterocycles. The number of carboxylic acids is 1. The predicted molar refractivity (Wildman–Crippen MR) is 59.5 cm³/mol. The van der Waals surface area contributed by atoms with E-state index < -0.39 is 5.97 Å². The third-order valence-electron chi connectivity index (χ3n) is 2.44. The second-order valence-corrected chi connectivity index (χ2v) is 4.12. The first-order chi connectivity index (χ1) is 7.20. The highest BCUT2D eigenvalue weighted by molar-refractivity contribution is 7.07. The molecule has 0 fully saturated rings. The SMILES string of the molecule is CC(c1ccsc1)n1cccc1C(=O)O. The lowest BCUT2D eigenvalue weighted by Gasteiger charge is -2.14. The van der Waals surface area contributed by atoms with Gasteiger partial charge in [0, 0.05) is 6.20 Å². The van der Waals surface area contributed by atoms with E-state index in [1.165, 1.54) is 0 Å². The minimum absolute atomic E-state index is 0.0670. The fraction of sp³-hybridized carbons (Fsp3) is 0.182. The van der Waals surface area contributed by atoms with E-state index in [9.17, 15) is 4.79 Å². The second kappa shape index (κ2) is 3.90. The van der Waals surface area contributed by atoms with Gasteiger partial charge in [0.05, 0.1) is 6.04 Å². The van der Waals surface area contributed by atoms with Gasteiger partial charge in [-0.1, -0.05) is 0 Å². The predicted octanol–water partition coefficient (Wildman–Crippen LogP) is 2.86. The van der Waals surface area contributed by atoms with Crippen LogP contribution in [0.25, 0.3) is 0 Å². The van der Waals surface area contributed by atoms with Crippen LogP contribution in [0.5, 0.6) is 0 Å². The minimum Gasteiger partial charge on any atom is -0.477 e. The van der Waals surface area contributed by atoms with Crippen LogP contribution in [0.15, 0.2) is 35.2 Å². The average Bonchev–Trinajstić information content (AvgIpc) is 2.88. The van der Waals surface area contributed by atoms with E-state index in [4.69, 9.17) is 5.11 Å². The molecule has 0 saturated heterocycles. The molecule has 0 aliphatic rings. The van der Waals surface area contributed by atoms with Crippen LogP contribution in [0, 0.1) is 0 Å². The highest BCUT2D eigenvalue weighted by Gasteiger charge is 2.14. The molecule has 4 heteroatoms. The number of carboxylic acid groups (broad SMARTS) is 1. The van der Waals surface area contributed by atoms with E-state index in [2.05, 4.69) is 0 Å². The molecular weight excluding hydrogens is 210 g/mol. The van der Waals surface area contributed by atoms with E-state index in [0.717, 1.165) is 5.56 Å². The summed E-state index contributed by atoms with van der Waals surface area (Å²) in [6.45, 7) is 1.99. The van der Waals surface area contributed by atoms with Gasteiger partial charge in [-0.15, -0.1) is 0 Å². The maximum atomic E-state index is 10.9. The van der Waals surface area contributed by atoms with E-state index in [0.29, 0.717) is 5.69 Å². The highest BCUT2D eigenvalue weighted by Crippen LogP contribution is 2.22. The summed E-state index contributed by atoms with van der Waals surface area (Å²) >= 11 is 1.62. The molecule has 0 radical (unpaired) electrons. The third-order valence-corrected chi connectivity index (χ3v) is 3.14. The number of hydrogen-bond donors (Lipinski definition) is 1. The van der Waals surface area contributed by atoms with Crippen LogP contribution in [0.4, 0.5) is 0 Å². The van der Waals surface area contributed by atoms with Crippen molar-refractivity contribution >= 4 is 17.3 Å². The van der Waals surface area contributed by atoms with Crippen molar-refractivity contribution in [1.82, 2.24) is 4.57 Å². The normalized spacial score (nSPS) is 12.6. The van der Waals surface area contributed by atoms with Crippen LogP contribution < -0.4 is 0 Å². The smallest absolute Gasteiger partial charge is 0.352 e. The van der Waals surface area contributed by atoms with Crippen LogP contribution in [0.2, 0.25) is 0 Å². The van der Waals surface area contributed by atoms with Gasteiger partial charge in [-0.3, -0.25) is 0 Å². The van der Waals surface area contributed by atoms with Crippen molar-refractivity contribution in [3.63, 3.8) is 0 Å². The number of aromatic nitrogens is 1.